The molecule has 0 spiro atoms. The van der Waals surface area contributed by atoms with Crippen molar-refractivity contribution in [3.05, 3.63) is 29.3 Å². The second-order valence-electron chi connectivity index (χ2n) is 5.05. The van der Waals surface area contributed by atoms with E-state index in [0.717, 1.165) is 18.8 Å². The molecule has 1 heterocycles. The van der Waals surface area contributed by atoms with Gasteiger partial charge in [-0.15, -0.1) is 0 Å². The fraction of sp³-hybridized carbons (Fsp3) is 0.538. The fourth-order valence-corrected chi connectivity index (χ4v) is 2.07. The molecule has 1 aromatic rings. The smallest absolute Gasteiger partial charge is 0.0317 e. The number of anilines is 1. The number of nitrogens with two attached hydrogens (primary N) is 1. The van der Waals surface area contributed by atoms with Gasteiger partial charge in [0.25, 0.3) is 0 Å². The van der Waals surface area contributed by atoms with Crippen molar-refractivity contribution in [2.24, 2.45) is 0 Å². The van der Waals surface area contributed by atoms with Crippen molar-refractivity contribution in [2.75, 3.05) is 5.73 Å². The monoisotopic (exact) mass is 204 g/mol. The third-order valence-corrected chi connectivity index (χ3v) is 3.67. The van der Waals surface area contributed by atoms with Crippen molar-refractivity contribution in [2.45, 2.75) is 45.8 Å². The first-order valence-electron chi connectivity index (χ1n) is 5.65. The second-order valence-corrected chi connectivity index (χ2v) is 5.05. The molecule has 1 aromatic carbocycles. The summed E-state index contributed by atoms with van der Waals surface area (Å²) in [5, 5.41) is 0. The normalized spacial score (nSPS) is 16.7. The Morgan fingerprint density at radius 2 is 1.93 bits per heavy atom. The van der Waals surface area contributed by atoms with E-state index in [9.17, 15) is 0 Å². The second kappa shape index (κ2) is 3.53. The molecule has 1 aliphatic heterocycles. The lowest BCUT2D eigenvalue weighted by Crippen LogP contribution is -2.39. The Morgan fingerprint density at radius 1 is 1.27 bits per heavy atom. The molecule has 2 nitrogen and oxygen atoms in total. The van der Waals surface area contributed by atoms with Gasteiger partial charge in [0, 0.05) is 24.3 Å². The van der Waals surface area contributed by atoms with Gasteiger partial charge in [-0.3, -0.25) is 4.90 Å². The molecular formula is C13H20N2. The van der Waals surface area contributed by atoms with Gasteiger partial charge in [-0.05, 0) is 43.5 Å². The van der Waals surface area contributed by atoms with E-state index in [1.807, 2.05) is 6.07 Å². The first-order valence-corrected chi connectivity index (χ1v) is 5.65. The predicted molar refractivity (Wildman–Crippen MR) is 64.5 cm³/mol. The van der Waals surface area contributed by atoms with E-state index in [1.165, 1.54) is 17.5 Å². The van der Waals surface area contributed by atoms with Gasteiger partial charge in [0.15, 0.2) is 0 Å². The maximum atomic E-state index is 5.80. The Morgan fingerprint density at radius 3 is 2.60 bits per heavy atom. The molecule has 0 atom stereocenters. The molecular weight excluding hydrogens is 184 g/mol. The Kier molecular flexibility index (Phi) is 2.47. The minimum atomic E-state index is 0.285. The maximum absolute atomic E-state index is 5.80. The van der Waals surface area contributed by atoms with E-state index in [0.29, 0.717) is 0 Å². The SMILES string of the molecule is CCC(C)(C)N1Cc2ccc(N)cc2C1. The van der Waals surface area contributed by atoms with Crippen molar-refractivity contribution in [1.29, 1.82) is 0 Å². The average Bonchev–Trinajstić information content (AvgIpc) is 2.61. The van der Waals surface area contributed by atoms with Gasteiger partial charge in [-0.25, -0.2) is 0 Å². The van der Waals surface area contributed by atoms with Crippen LogP contribution >= 0.6 is 0 Å². The highest BCUT2D eigenvalue weighted by atomic mass is 15.2. The molecule has 2 heteroatoms. The standard InChI is InChI=1S/C13H20N2/c1-4-13(2,3)15-8-10-5-6-12(14)7-11(10)9-15/h5-7H,4,8-9,14H2,1-3H3. The van der Waals surface area contributed by atoms with Gasteiger partial charge < -0.3 is 5.73 Å². The van der Waals surface area contributed by atoms with Crippen molar-refractivity contribution in [1.82, 2.24) is 4.90 Å². The zero-order valence-electron chi connectivity index (χ0n) is 9.88. The maximum Gasteiger partial charge on any atom is 0.0317 e. The number of hydrogen-bond donors (Lipinski definition) is 1. The zero-order valence-corrected chi connectivity index (χ0v) is 9.88. The van der Waals surface area contributed by atoms with Crippen LogP contribution in [-0.2, 0) is 13.1 Å². The van der Waals surface area contributed by atoms with Gasteiger partial charge in [0.05, 0.1) is 0 Å². The van der Waals surface area contributed by atoms with Crippen LogP contribution in [0.25, 0.3) is 0 Å². The summed E-state index contributed by atoms with van der Waals surface area (Å²) in [5.41, 5.74) is 9.80. The Hall–Kier alpha value is -1.02. The molecule has 0 bridgehead atoms. The third kappa shape index (κ3) is 1.86. The largest absolute Gasteiger partial charge is 0.399 e. The number of nitrogen functional groups attached to an aromatic ring is 1. The summed E-state index contributed by atoms with van der Waals surface area (Å²) >= 11 is 0. The van der Waals surface area contributed by atoms with Crippen LogP contribution in [0.5, 0.6) is 0 Å². The first-order chi connectivity index (χ1) is 7.03. The summed E-state index contributed by atoms with van der Waals surface area (Å²) in [6, 6.07) is 6.28. The lowest BCUT2D eigenvalue weighted by atomic mass is 10.00. The predicted octanol–water partition coefficient (Wildman–Crippen LogP) is 2.77. The molecule has 82 valence electrons. The first kappa shape index (κ1) is 10.5. The van der Waals surface area contributed by atoms with Crippen molar-refractivity contribution in [3.63, 3.8) is 0 Å². The Bertz CT molecular complexity index is 369. The summed E-state index contributed by atoms with van der Waals surface area (Å²) in [4.78, 5) is 2.52. The molecule has 0 amide bonds. The fourth-order valence-electron chi connectivity index (χ4n) is 2.07. The minimum Gasteiger partial charge on any atom is -0.399 e. The highest BCUT2D eigenvalue weighted by molar-refractivity contribution is 5.46. The van der Waals surface area contributed by atoms with Crippen molar-refractivity contribution in [3.8, 4) is 0 Å². The van der Waals surface area contributed by atoms with E-state index in [4.69, 9.17) is 5.73 Å². The van der Waals surface area contributed by atoms with Gasteiger partial charge in [-0.1, -0.05) is 13.0 Å². The number of benzene rings is 1. The number of nitrogens with zero attached hydrogens (tertiary/aromatic N) is 1. The van der Waals surface area contributed by atoms with Gasteiger partial charge in [-0.2, -0.15) is 0 Å². The Balaban J connectivity index is 2.22. The van der Waals surface area contributed by atoms with Crippen molar-refractivity contribution < 1.29 is 0 Å². The molecule has 0 saturated carbocycles. The van der Waals surface area contributed by atoms with Crippen LogP contribution in [-0.4, -0.2) is 10.4 Å². The molecule has 0 aromatic heterocycles. The lowest BCUT2D eigenvalue weighted by molar-refractivity contribution is 0.114. The molecule has 0 radical (unpaired) electrons. The van der Waals surface area contributed by atoms with E-state index >= 15 is 0 Å². The van der Waals surface area contributed by atoms with Crippen molar-refractivity contribution >= 4 is 5.69 Å². The van der Waals surface area contributed by atoms with Crippen LogP contribution in [0, 0.1) is 0 Å². The average molecular weight is 204 g/mol. The zero-order chi connectivity index (χ0) is 11.1. The van der Waals surface area contributed by atoms with Crippen LogP contribution in [0.1, 0.15) is 38.3 Å². The van der Waals surface area contributed by atoms with Gasteiger partial charge >= 0.3 is 0 Å². The lowest BCUT2D eigenvalue weighted by Gasteiger charge is -2.34. The number of hydrogen-bond acceptors (Lipinski definition) is 2. The summed E-state index contributed by atoms with van der Waals surface area (Å²) < 4.78 is 0. The van der Waals surface area contributed by atoms with Crippen LogP contribution in [0.4, 0.5) is 5.69 Å². The minimum absolute atomic E-state index is 0.285. The van der Waals surface area contributed by atoms with Crippen LogP contribution < -0.4 is 5.73 Å². The topological polar surface area (TPSA) is 29.3 Å². The molecule has 0 fully saturated rings. The number of fused-ring (bicyclic) bond motifs is 1. The summed E-state index contributed by atoms with van der Waals surface area (Å²) in [5.74, 6) is 0. The molecule has 15 heavy (non-hydrogen) atoms. The highest BCUT2D eigenvalue weighted by Crippen LogP contribution is 2.31. The third-order valence-electron chi connectivity index (χ3n) is 3.67. The van der Waals surface area contributed by atoms with E-state index in [1.54, 1.807) is 0 Å². The van der Waals surface area contributed by atoms with E-state index < -0.39 is 0 Å². The molecule has 0 unspecified atom stereocenters. The molecule has 0 saturated heterocycles. The summed E-state index contributed by atoms with van der Waals surface area (Å²) in [7, 11) is 0. The number of rotatable bonds is 2. The quantitative estimate of drug-likeness (QED) is 0.751. The van der Waals surface area contributed by atoms with E-state index in [2.05, 4.69) is 37.8 Å². The molecule has 2 N–H and O–H groups in total. The highest BCUT2D eigenvalue weighted by Gasteiger charge is 2.30. The molecule has 0 aliphatic carbocycles. The molecule has 2 rings (SSSR count). The van der Waals surface area contributed by atoms with Crippen LogP contribution in [0.3, 0.4) is 0 Å². The summed E-state index contributed by atoms with van der Waals surface area (Å²) in [6.07, 6.45) is 1.18. The van der Waals surface area contributed by atoms with Gasteiger partial charge in [0.2, 0.25) is 0 Å². The summed E-state index contributed by atoms with van der Waals surface area (Å²) in [6.45, 7) is 8.97. The Labute approximate surface area is 92.1 Å². The van der Waals surface area contributed by atoms with Crippen LogP contribution in [0.15, 0.2) is 18.2 Å². The van der Waals surface area contributed by atoms with Crippen LogP contribution in [0.2, 0.25) is 0 Å². The van der Waals surface area contributed by atoms with Gasteiger partial charge in [0.1, 0.15) is 0 Å². The van der Waals surface area contributed by atoms with E-state index in [-0.39, 0.29) is 5.54 Å². The molecule has 1 aliphatic rings.